The second kappa shape index (κ2) is 9.08. The zero-order chi connectivity index (χ0) is 23.5. The van der Waals surface area contributed by atoms with Gasteiger partial charge in [0, 0.05) is 31.8 Å². The van der Waals surface area contributed by atoms with Gasteiger partial charge in [-0.25, -0.2) is 0 Å². The van der Waals surface area contributed by atoms with Crippen LogP contribution in [0.5, 0.6) is 0 Å². The first kappa shape index (κ1) is 22.0. The number of nitrogens with one attached hydrogen (secondary N) is 1. The van der Waals surface area contributed by atoms with E-state index in [0.717, 1.165) is 5.56 Å². The number of carbonyl (C=O) groups excluding carboxylic acids is 4. The lowest BCUT2D eigenvalue weighted by molar-refractivity contribution is 0.0641. The molecule has 0 radical (unpaired) electrons. The van der Waals surface area contributed by atoms with Crippen LogP contribution in [0.1, 0.15) is 52.6 Å². The second-order valence-corrected chi connectivity index (χ2v) is 8.02. The lowest BCUT2D eigenvalue weighted by Crippen LogP contribution is -2.29. The summed E-state index contributed by atoms with van der Waals surface area (Å²) in [6.45, 7) is 0.396. The van der Waals surface area contributed by atoms with Gasteiger partial charge in [-0.2, -0.15) is 0 Å². The molecule has 1 aliphatic heterocycles. The summed E-state index contributed by atoms with van der Waals surface area (Å²) in [6, 6.07) is 20.7. The number of carbonyl (C=O) groups is 4. The number of nitrogens with zero attached hydrogens (tertiary/aromatic N) is 2. The average molecular weight is 441 g/mol. The predicted molar refractivity (Wildman–Crippen MR) is 123 cm³/mol. The summed E-state index contributed by atoms with van der Waals surface area (Å²) in [5.41, 5.74) is 3.35. The molecule has 0 unspecified atom stereocenters. The first-order chi connectivity index (χ1) is 15.8. The van der Waals surface area contributed by atoms with Gasteiger partial charge in [0.15, 0.2) is 0 Å². The highest BCUT2D eigenvalue weighted by Crippen LogP contribution is 2.24. The highest BCUT2D eigenvalue weighted by atomic mass is 16.2. The molecule has 0 spiro atoms. The maximum Gasteiger partial charge on any atom is 0.261 e. The van der Waals surface area contributed by atoms with E-state index in [9.17, 15) is 19.2 Å². The van der Waals surface area contributed by atoms with Crippen molar-refractivity contribution in [3.8, 4) is 0 Å². The largest absolute Gasteiger partial charge is 0.348 e. The van der Waals surface area contributed by atoms with Crippen molar-refractivity contribution < 1.29 is 19.2 Å². The monoisotopic (exact) mass is 441 g/mol. The number of hydrogen-bond donors (Lipinski definition) is 1. The van der Waals surface area contributed by atoms with Crippen molar-refractivity contribution >= 4 is 23.6 Å². The zero-order valence-corrected chi connectivity index (χ0v) is 18.4. The Balaban J connectivity index is 1.40. The van der Waals surface area contributed by atoms with E-state index in [1.54, 1.807) is 86.9 Å². The van der Waals surface area contributed by atoms with Gasteiger partial charge in [0.1, 0.15) is 0 Å². The fourth-order valence-corrected chi connectivity index (χ4v) is 3.68. The molecule has 166 valence electrons. The van der Waals surface area contributed by atoms with Crippen molar-refractivity contribution in [2.45, 2.75) is 13.1 Å². The molecule has 0 saturated heterocycles. The van der Waals surface area contributed by atoms with Crippen molar-refractivity contribution in [1.29, 1.82) is 0 Å². The molecule has 4 rings (SSSR count). The van der Waals surface area contributed by atoms with Gasteiger partial charge in [0.05, 0.1) is 17.7 Å². The fourth-order valence-electron chi connectivity index (χ4n) is 3.68. The molecule has 0 aliphatic carbocycles. The zero-order valence-electron chi connectivity index (χ0n) is 18.4. The summed E-state index contributed by atoms with van der Waals surface area (Å²) in [5.74, 6) is -1.02. The van der Waals surface area contributed by atoms with E-state index in [-0.39, 0.29) is 30.2 Å². The molecule has 1 N–H and O–H groups in total. The van der Waals surface area contributed by atoms with Gasteiger partial charge in [-0.3, -0.25) is 24.1 Å². The Bertz CT molecular complexity index is 1210. The van der Waals surface area contributed by atoms with Gasteiger partial charge in [0.25, 0.3) is 23.6 Å². The number of imide groups is 1. The molecule has 3 aromatic rings. The molecule has 0 fully saturated rings. The number of amides is 4. The van der Waals surface area contributed by atoms with E-state index >= 15 is 0 Å². The minimum absolute atomic E-state index is 0.0829. The molecular weight excluding hydrogens is 418 g/mol. The molecule has 7 heteroatoms. The van der Waals surface area contributed by atoms with Crippen LogP contribution in [0.4, 0.5) is 0 Å². The van der Waals surface area contributed by atoms with E-state index in [0.29, 0.717) is 34.4 Å². The molecule has 1 heterocycles. The molecule has 4 amide bonds. The summed E-state index contributed by atoms with van der Waals surface area (Å²) in [6.07, 6.45) is 0. The van der Waals surface area contributed by atoms with E-state index in [1.807, 2.05) is 0 Å². The summed E-state index contributed by atoms with van der Waals surface area (Å²) in [7, 11) is 3.39. The smallest absolute Gasteiger partial charge is 0.261 e. The third kappa shape index (κ3) is 4.52. The number of fused-ring (bicyclic) bond motifs is 1. The van der Waals surface area contributed by atoms with Crippen molar-refractivity contribution in [3.63, 3.8) is 0 Å². The van der Waals surface area contributed by atoms with Crippen LogP contribution in [-0.4, -0.2) is 47.5 Å². The van der Waals surface area contributed by atoms with Crippen LogP contribution in [0, 0.1) is 0 Å². The lowest BCUT2D eigenvalue weighted by atomic mass is 10.1. The minimum atomic E-state index is -0.332. The Labute approximate surface area is 191 Å². The molecule has 33 heavy (non-hydrogen) atoms. The van der Waals surface area contributed by atoms with Gasteiger partial charge in [-0.05, 0) is 47.5 Å². The lowest BCUT2D eigenvalue weighted by Gasteiger charge is -2.14. The van der Waals surface area contributed by atoms with Gasteiger partial charge in [-0.15, -0.1) is 0 Å². The number of hydrogen-bond acceptors (Lipinski definition) is 4. The van der Waals surface area contributed by atoms with Crippen LogP contribution in [-0.2, 0) is 13.1 Å². The molecule has 7 nitrogen and oxygen atoms in total. The molecule has 1 aliphatic rings. The SMILES string of the molecule is CN(C)C(=O)c1ccc(CNC(=O)c2cccc(CN3C(=O)c4ccccc4C3=O)c2)cc1. The summed E-state index contributed by atoms with van der Waals surface area (Å²) in [5, 5.41) is 2.86. The van der Waals surface area contributed by atoms with E-state index in [1.165, 1.54) is 9.80 Å². The first-order valence-electron chi connectivity index (χ1n) is 10.5. The van der Waals surface area contributed by atoms with E-state index in [4.69, 9.17) is 0 Å². The molecule has 0 saturated carbocycles. The average Bonchev–Trinajstić information content (AvgIpc) is 3.07. The predicted octanol–water partition coefficient (Wildman–Crippen LogP) is 3.11. The van der Waals surface area contributed by atoms with Crippen molar-refractivity contribution in [2.24, 2.45) is 0 Å². The minimum Gasteiger partial charge on any atom is -0.348 e. The standard InChI is InChI=1S/C26H23N3O4/c1-28(2)24(31)19-12-10-17(11-13-19)15-27-23(30)20-7-5-6-18(14-20)16-29-25(32)21-8-3-4-9-22(21)26(29)33/h3-14H,15-16H2,1-2H3,(H,27,30). The highest BCUT2D eigenvalue weighted by Gasteiger charge is 2.34. The molecule has 3 aromatic carbocycles. The number of benzene rings is 3. The summed E-state index contributed by atoms with van der Waals surface area (Å²) >= 11 is 0. The Morgan fingerprint density at radius 3 is 2.03 bits per heavy atom. The van der Waals surface area contributed by atoms with Crippen molar-refractivity contribution in [1.82, 2.24) is 15.1 Å². The topological polar surface area (TPSA) is 86.8 Å². The quantitative estimate of drug-likeness (QED) is 0.596. The maximum absolute atomic E-state index is 12.7. The van der Waals surface area contributed by atoms with Gasteiger partial charge >= 0.3 is 0 Å². The van der Waals surface area contributed by atoms with Gasteiger partial charge in [0.2, 0.25) is 0 Å². The Morgan fingerprint density at radius 2 is 1.42 bits per heavy atom. The fraction of sp³-hybridized carbons (Fsp3) is 0.154. The molecular formula is C26H23N3O4. The highest BCUT2D eigenvalue weighted by molar-refractivity contribution is 6.21. The Kier molecular flexibility index (Phi) is 6.04. The number of rotatable bonds is 6. The molecule has 0 aromatic heterocycles. The van der Waals surface area contributed by atoms with Crippen LogP contribution in [0.15, 0.2) is 72.8 Å². The van der Waals surface area contributed by atoms with Crippen LogP contribution >= 0.6 is 0 Å². The van der Waals surface area contributed by atoms with Crippen LogP contribution in [0.25, 0.3) is 0 Å². The van der Waals surface area contributed by atoms with Gasteiger partial charge in [-0.1, -0.05) is 36.4 Å². The van der Waals surface area contributed by atoms with E-state index in [2.05, 4.69) is 5.32 Å². The third-order valence-corrected chi connectivity index (χ3v) is 5.47. The van der Waals surface area contributed by atoms with Crippen LogP contribution in [0.2, 0.25) is 0 Å². The van der Waals surface area contributed by atoms with Crippen molar-refractivity contribution in [3.05, 3.63) is 106 Å². The van der Waals surface area contributed by atoms with Crippen molar-refractivity contribution in [2.75, 3.05) is 14.1 Å². The maximum atomic E-state index is 12.7. The summed E-state index contributed by atoms with van der Waals surface area (Å²) in [4.78, 5) is 52.5. The summed E-state index contributed by atoms with van der Waals surface area (Å²) < 4.78 is 0. The Morgan fingerprint density at radius 1 is 0.788 bits per heavy atom. The second-order valence-electron chi connectivity index (χ2n) is 8.02. The molecule has 0 atom stereocenters. The van der Waals surface area contributed by atoms with E-state index < -0.39 is 0 Å². The van der Waals surface area contributed by atoms with Gasteiger partial charge < -0.3 is 10.2 Å². The molecule has 0 bridgehead atoms. The third-order valence-electron chi connectivity index (χ3n) is 5.47. The van der Waals surface area contributed by atoms with Crippen LogP contribution < -0.4 is 5.32 Å². The Hall–Kier alpha value is -4.26. The first-order valence-corrected chi connectivity index (χ1v) is 10.5. The van der Waals surface area contributed by atoms with Crippen LogP contribution in [0.3, 0.4) is 0 Å². The normalized spacial score (nSPS) is 12.5.